The fourth-order valence-electron chi connectivity index (χ4n) is 5.94. The number of nitrogens with zero attached hydrogens (tertiary/aromatic N) is 1. The van der Waals surface area contributed by atoms with Gasteiger partial charge in [0, 0.05) is 0 Å². The van der Waals surface area contributed by atoms with E-state index < -0.39 is 0 Å². The number of anilines is 1. The molecule has 4 aliphatic rings. The maximum absolute atomic E-state index is 13.3. The number of amides is 2. The van der Waals surface area contributed by atoms with E-state index in [1.54, 1.807) is 11.1 Å². The van der Waals surface area contributed by atoms with Gasteiger partial charge in [0.2, 0.25) is 11.8 Å². The van der Waals surface area contributed by atoms with E-state index in [-0.39, 0.29) is 23.7 Å². The first-order valence-corrected chi connectivity index (χ1v) is 9.33. The number of aryl methyl sites for hydroxylation is 1. The molecule has 124 valence electrons. The predicted octanol–water partition coefficient (Wildman–Crippen LogP) is 4.01. The summed E-state index contributed by atoms with van der Waals surface area (Å²) in [4.78, 5) is 28.2. The second-order valence-corrected chi connectivity index (χ2v) is 7.90. The van der Waals surface area contributed by atoms with Crippen LogP contribution < -0.4 is 4.90 Å². The van der Waals surface area contributed by atoms with Crippen LogP contribution >= 0.6 is 0 Å². The summed E-state index contributed by atoms with van der Waals surface area (Å²) in [7, 11) is 0. The first kappa shape index (κ1) is 14.4. The fraction of sp³-hybridized carbons (Fsp3) is 0.524. The van der Waals surface area contributed by atoms with Gasteiger partial charge in [-0.25, -0.2) is 4.90 Å². The molecule has 1 aromatic rings. The smallest absolute Gasteiger partial charge is 0.238 e. The topological polar surface area (TPSA) is 37.4 Å². The molecule has 2 saturated carbocycles. The Bertz CT molecular complexity index is 736. The highest BCUT2D eigenvalue weighted by atomic mass is 16.2. The van der Waals surface area contributed by atoms with Crippen molar-refractivity contribution < 1.29 is 9.59 Å². The maximum atomic E-state index is 13.3. The Morgan fingerprint density at radius 2 is 1.42 bits per heavy atom. The zero-order valence-electron chi connectivity index (χ0n) is 14.1. The van der Waals surface area contributed by atoms with E-state index in [0.717, 1.165) is 36.9 Å². The molecule has 3 heteroatoms. The van der Waals surface area contributed by atoms with Gasteiger partial charge in [-0.15, -0.1) is 0 Å². The number of fused-ring (bicyclic) bond motifs is 5. The largest absolute Gasteiger partial charge is 0.274 e. The van der Waals surface area contributed by atoms with E-state index in [9.17, 15) is 9.59 Å². The second kappa shape index (κ2) is 5.05. The number of imide groups is 1. The van der Waals surface area contributed by atoms with Crippen LogP contribution in [0, 0.1) is 30.6 Å². The van der Waals surface area contributed by atoms with E-state index in [4.69, 9.17) is 0 Å². The monoisotopic (exact) mass is 321 g/mol. The van der Waals surface area contributed by atoms with Crippen molar-refractivity contribution in [1.29, 1.82) is 0 Å². The van der Waals surface area contributed by atoms with Crippen molar-refractivity contribution in [2.24, 2.45) is 23.7 Å². The van der Waals surface area contributed by atoms with Crippen LogP contribution in [-0.4, -0.2) is 11.8 Å². The van der Waals surface area contributed by atoms with Gasteiger partial charge in [-0.3, -0.25) is 9.59 Å². The highest BCUT2D eigenvalue weighted by Gasteiger charge is 2.59. The van der Waals surface area contributed by atoms with E-state index in [0.29, 0.717) is 11.8 Å². The molecule has 5 rings (SSSR count). The van der Waals surface area contributed by atoms with Crippen molar-refractivity contribution in [3.63, 3.8) is 0 Å². The maximum Gasteiger partial charge on any atom is 0.238 e. The lowest BCUT2D eigenvalue weighted by atomic mass is 9.66. The number of hydrogen-bond donors (Lipinski definition) is 0. The molecule has 1 heterocycles. The molecule has 3 fully saturated rings. The molecular weight excluding hydrogens is 298 g/mol. The van der Waals surface area contributed by atoms with Crippen molar-refractivity contribution in [3.8, 4) is 0 Å². The fourth-order valence-corrected chi connectivity index (χ4v) is 5.94. The number of carbonyl (C=O) groups is 2. The Morgan fingerprint density at radius 3 is 1.96 bits per heavy atom. The number of allylic oxidation sites excluding steroid dienone is 2. The summed E-state index contributed by atoms with van der Waals surface area (Å²) in [6.45, 7) is 1.98. The Kier molecular flexibility index (Phi) is 3.04. The molecule has 0 spiro atoms. The Hall–Kier alpha value is -1.90. The van der Waals surface area contributed by atoms with Gasteiger partial charge in [0.15, 0.2) is 0 Å². The molecule has 3 aliphatic carbocycles. The highest BCUT2D eigenvalue weighted by Crippen LogP contribution is 2.58. The van der Waals surface area contributed by atoms with Gasteiger partial charge in [0.1, 0.15) is 0 Å². The van der Waals surface area contributed by atoms with E-state index >= 15 is 0 Å². The molecule has 0 bridgehead atoms. The molecule has 0 radical (unpaired) electrons. The first-order chi connectivity index (χ1) is 11.7. The lowest BCUT2D eigenvalue weighted by Crippen LogP contribution is -2.35. The van der Waals surface area contributed by atoms with Gasteiger partial charge < -0.3 is 0 Å². The molecule has 1 aliphatic heterocycles. The van der Waals surface area contributed by atoms with Gasteiger partial charge in [-0.2, -0.15) is 0 Å². The van der Waals surface area contributed by atoms with E-state index in [2.05, 4.69) is 0 Å². The third-order valence-electron chi connectivity index (χ3n) is 6.85. The van der Waals surface area contributed by atoms with Crippen molar-refractivity contribution in [3.05, 3.63) is 41.0 Å². The highest BCUT2D eigenvalue weighted by molar-refractivity contribution is 6.23. The summed E-state index contributed by atoms with van der Waals surface area (Å²) >= 11 is 0. The average molecular weight is 321 g/mol. The van der Waals surface area contributed by atoms with Crippen LogP contribution in [0.15, 0.2) is 35.4 Å². The average Bonchev–Trinajstić information content (AvgIpc) is 3.26. The Balaban J connectivity index is 1.63. The van der Waals surface area contributed by atoms with Gasteiger partial charge in [0.05, 0.1) is 17.5 Å². The van der Waals surface area contributed by atoms with Gasteiger partial charge >= 0.3 is 0 Å². The SMILES string of the molecule is Cc1ccccc1N1C(=O)[C@@H]2[C@H](C1=O)[C@@H]1CCCC1=C1CCC[C@@H]12. The Morgan fingerprint density at radius 1 is 0.875 bits per heavy atom. The third kappa shape index (κ3) is 1.73. The lowest BCUT2D eigenvalue weighted by molar-refractivity contribution is -0.122. The van der Waals surface area contributed by atoms with Crippen LogP contribution in [0.5, 0.6) is 0 Å². The summed E-state index contributed by atoms with van der Waals surface area (Å²) in [5.41, 5.74) is 4.92. The molecule has 24 heavy (non-hydrogen) atoms. The zero-order chi connectivity index (χ0) is 16.4. The molecule has 0 aromatic heterocycles. The van der Waals surface area contributed by atoms with Gasteiger partial charge in [-0.05, 0) is 68.9 Å². The number of rotatable bonds is 1. The van der Waals surface area contributed by atoms with Crippen LogP contribution in [0.4, 0.5) is 5.69 Å². The molecule has 1 saturated heterocycles. The minimum absolute atomic E-state index is 0.0645. The van der Waals surface area contributed by atoms with Crippen LogP contribution in [0.1, 0.15) is 44.1 Å². The predicted molar refractivity (Wildman–Crippen MR) is 92.4 cm³/mol. The van der Waals surface area contributed by atoms with Crippen LogP contribution in [0.3, 0.4) is 0 Å². The van der Waals surface area contributed by atoms with Gasteiger partial charge in [-0.1, -0.05) is 29.3 Å². The normalized spacial score (nSPS) is 34.6. The molecule has 0 unspecified atom stereocenters. The summed E-state index contributed by atoms with van der Waals surface area (Å²) < 4.78 is 0. The van der Waals surface area contributed by atoms with Crippen molar-refractivity contribution in [2.45, 2.75) is 45.4 Å². The Labute approximate surface area is 142 Å². The first-order valence-electron chi connectivity index (χ1n) is 9.33. The second-order valence-electron chi connectivity index (χ2n) is 7.90. The van der Waals surface area contributed by atoms with Crippen LogP contribution in [0.2, 0.25) is 0 Å². The van der Waals surface area contributed by atoms with Crippen molar-refractivity contribution in [1.82, 2.24) is 0 Å². The molecule has 0 N–H and O–H groups in total. The molecule has 2 amide bonds. The third-order valence-corrected chi connectivity index (χ3v) is 6.85. The number of hydrogen-bond acceptors (Lipinski definition) is 2. The zero-order valence-corrected chi connectivity index (χ0v) is 14.1. The van der Waals surface area contributed by atoms with Gasteiger partial charge in [0.25, 0.3) is 0 Å². The van der Waals surface area contributed by atoms with E-state index in [1.807, 2.05) is 31.2 Å². The van der Waals surface area contributed by atoms with Crippen LogP contribution in [-0.2, 0) is 9.59 Å². The number of para-hydroxylation sites is 1. The number of benzene rings is 1. The van der Waals surface area contributed by atoms with Crippen molar-refractivity contribution >= 4 is 17.5 Å². The summed E-state index contributed by atoms with van der Waals surface area (Å²) in [5, 5.41) is 0. The minimum Gasteiger partial charge on any atom is -0.274 e. The van der Waals surface area contributed by atoms with E-state index in [1.165, 1.54) is 17.7 Å². The standard InChI is InChI=1S/C21H23NO2/c1-12-6-2-3-11-17(12)22-20(23)18-15-9-4-7-13(15)14-8-5-10-16(14)19(18)21(22)24/h2-3,6,11,15-16,18-19H,4-5,7-10H2,1H3/t15-,16+,18-,19+. The molecule has 4 atom stereocenters. The quantitative estimate of drug-likeness (QED) is 0.579. The molecule has 3 nitrogen and oxygen atoms in total. The van der Waals surface area contributed by atoms with Crippen LogP contribution in [0.25, 0.3) is 0 Å². The molecule has 1 aromatic carbocycles. The summed E-state index contributed by atoms with van der Waals surface area (Å²) in [6, 6.07) is 7.78. The minimum atomic E-state index is -0.0959. The van der Waals surface area contributed by atoms with Crippen molar-refractivity contribution in [2.75, 3.05) is 4.90 Å². The number of carbonyl (C=O) groups excluding carboxylic acids is 2. The lowest BCUT2D eigenvalue weighted by Gasteiger charge is -2.34. The molecular formula is C21H23NO2. The summed E-state index contributed by atoms with van der Waals surface area (Å²) in [6.07, 6.45) is 6.87. The summed E-state index contributed by atoms with van der Waals surface area (Å²) in [5.74, 6) is 0.613.